The SMILES string of the molecule is CO[C@@H]1C[C@@H](c2nncn2C)N(C(=O)c2ccc3oc(C)nc3c2)C1. The zero-order valence-corrected chi connectivity index (χ0v) is 14.3. The maximum Gasteiger partial charge on any atom is 0.254 e. The fourth-order valence-electron chi connectivity index (χ4n) is 3.37. The normalized spacial score (nSPS) is 20.5. The Hall–Kier alpha value is -2.74. The van der Waals surface area contributed by atoms with Crippen molar-refractivity contribution in [3.05, 3.63) is 41.8 Å². The molecule has 0 spiro atoms. The number of amides is 1. The van der Waals surface area contributed by atoms with E-state index in [2.05, 4.69) is 15.2 Å². The summed E-state index contributed by atoms with van der Waals surface area (Å²) in [6.45, 7) is 2.30. The molecule has 0 N–H and O–H groups in total. The number of hydrogen-bond acceptors (Lipinski definition) is 6. The van der Waals surface area contributed by atoms with E-state index in [1.54, 1.807) is 43.5 Å². The second-order valence-electron chi connectivity index (χ2n) is 6.28. The Morgan fingerprint density at radius 2 is 2.24 bits per heavy atom. The number of ether oxygens (including phenoxy) is 1. The number of oxazole rings is 1. The van der Waals surface area contributed by atoms with E-state index >= 15 is 0 Å². The molecule has 1 aromatic carbocycles. The average Bonchev–Trinajstić information content (AvgIpc) is 3.29. The average molecular weight is 341 g/mol. The molecule has 4 rings (SSSR count). The maximum atomic E-state index is 13.1. The lowest BCUT2D eigenvalue weighted by Crippen LogP contribution is -2.33. The Bertz CT molecular complexity index is 931. The third-order valence-corrected chi connectivity index (χ3v) is 4.64. The van der Waals surface area contributed by atoms with Crippen molar-refractivity contribution < 1.29 is 13.9 Å². The number of fused-ring (bicyclic) bond motifs is 1. The summed E-state index contributed by atoms with van der Waals surface area (Å²) in [6, 6.07) is 5.15. The lowest BCUT2D eigenvalue weighted by molar-refractivity contribution is 0.0683. The second-order valence-corrected chi connectivity index (χ2v) is 6.28. The van der Waals surface area contributed by atoms with Gasteiger partial charge in [0, 0.05) is 39.6 Å². The van der Waals surface area contributed by atoms with E-state index in [4.69, 9.17) is 9.15 Å². The van der Waals surface area contributed by atoms with Crippen LogP contribution in [0.2, 0.25) is 0 Å². The van der Waals surface area contributed by atoms with Gasteiger partial charge < -0.3 is 18.6 Å². The van der Waals surface area contributed by atoms with Gasteiger partial charge in [-0.05, 0) is 18.2 Å². The Morgan fingerprint density at radius 3 is 2.96 bits per heavy atom. The van der Waals surface area contributed by atoms with Crippen LogP contribution in [0, 0.1) is 6.92 Å². The third kappa shape index (κ3) is 2.68. The molecule has 130 valence electrons. The van der Waals surface area contributed by atoms with Crippen molar-refractivity contribution in [2.24, 2.45) is 7.05 Å². The Balaban J connectivity index is 1.69. The van der Waals surface area contributed by atoms with Crippen LogP contribution in [-0.4, -0.2) is 50.3 Å². The number of carbonyl (C=O) groups excluding carboxylic acids is 1. The maximum absolute atomic E-state index is 13.1. The van der Waals surface area contributed by atoms with Crippen molar-refractivity contribution in [2.45, 2.75) is 25.5 Å². The summed E-state index contributed by atoms with van der Waals surface area (Å²) in [5, 5.41) is 8.12. The van der Waals surface area contributed by atoms with Crippen molar-refractivity contribution in [3.8, 4) is 0 Å². The molecule has 1 aliphatic heterocycles. The number of carbonyl (C=O) groups is 1. The molecule has 8 heteroatoms. The number of nitrogens with zero attached hydrogens (tertiary/aromatic N) is 5. The van der Waals surface area contributed by atoms with Gasteiger partial charge in [0.1, 0.15) is 11.8 Å². The lowest BCUT2D eigenvalue weighted by atomic mass is 10.1. The van der Waals surface area contributed by atoms with Gasteiger partial charge in [0.2, 0.25) is 0 Å². The molecule has 0 aliphatic carbocycles. The molecule has 0 radical (unpaired) electrons. The number of likely N-dealkylation sites (tertiary alicyclic amines) is 1. The van der Waals surface area contributed by atoms with Crippen LogP contribution in [0.15, 0.2) is 28.9 Å². The molecular formula is C17H19N5O3. The number of aryl methyl sites for hydroxylation is 2. The number of rotatable bonds is 3. The summed E-state index contributed by atoms with van der Waals surface area (Å²) in [5.74, 6) is 1.26. The highest BCUT2D eigenvalue weighted by molar-refractivity contribution is 5.97. The first kappa shape index (κ1) is 15.8. The molecule has 1 aliphatic rings. The highest BCUT2D eigenvalue weighted by atomic mass is 16.5. The number of methoxy groups -OCH3 is 1. The van der Waals surface area contributed by atoms with Crippen LogP contribution in [-0.2, 0) is 11.8 Å². The summed E-state index contributed by atoms with van der Waals surface area (Å²) >= 11 is 0. The second kappa shape index (κ2) is 5.96. The largest absolute Gasteiger partial charge is 0.441 e. The van der Waals surface area contributed by atoms with Crippen LogP contribution in [0.4, 0.5) is 0 Å². The van der Waals surface area contributed by atoms with Gasteiger partial charge in [0.25, 0.3) is 5.91 Å². The number of aromatic nitrogens is 4. The highest BCUT2D eigenvalue weighted by Gasteiger charge is 2.39. The van der Waals surface area contributed by atoms with Crippen LogP contribution in [0.1, 0.15) is 34.5 Å². The molecule has 1 saturated heterocycles. The zero-order valence-electron chi connectivity index (χ0n) is 14.3. The minimum Gasteiger partial charge on any atom is -0.441 e. The standard InChI is InChI=1S/C17H19N5O3/c1-10-19-13-6-11(4-5-15(13)25-10)17(23)22-8-12(24-3)7-14(22)16-20-18-9-21(16)2/h4-6,9,12,14H,7-8H2,1-3H3/t12-,14+/m1/s1. The summed E-state index contributed by atoms with van der Waals surface area (Å²) in [5.41, 5.74) is 1.93. The summed E-state index contributed by atoms with van der Waals surface area (Å²) in [4.78, 5) is 19.2. The fourth-order valence-corrected chi connectivity index (χ4v) is 3.37. The topological polar surface area (TPSA) is 86.3 Å². The Kier molecular flexibility index (Phi) is 3.76. The van der Waals surface area contributed by atoms with E-state index in [0.717, 1.165) is 5.82 Å². The molecule has 1 fully saturated rings. The van der Waals surface area contributed by atoms with Crippen LogP contribution in [0.5, 0.6) is 0 Å². The third-order valence-electron chi connectivity index (χ3n) is 4.64. The predicted octanol–water partition coefficient (Wildman–Crippen LogP) is 1.87. The first-order chi connectivity index (χ1) is 12.1. The van der Waals surface area contributed by atoms with E-state index in [9.17, 15) is 4.79 Å². The van der Waals surface area contributed by atoms with E-state index in [0.29, 0.717) is 35.5 Å². The van der Waals surface area contributed by atoms with Crippen LogP contribution >= 0.6 is 0 Å². The van der Waals surface area contributed by atoms with Crippen molar-refractivity contribution >= 4 is 17.0 Å². The molecule has 2 atom stereocenters. The number of hydrogen-bond donors (Lipinski definition) is 0. The lowest BCUT2D eigenvalue weighted by Gasteiger charge is -2.23. The molecule has 25 heavy (non-hydrogen) atoms. The zero-order chi connectivity index (χ0) is 17.6. The molecule has 2 aromatic heterocycles. The minimum absolute atomic E-state index is 0.0244. The Morgan fingerprint density at radius 1 is 1.40 bits per heavy atom. The van der Waals surface area contributed by atoms with Gasteiger partial charge >= 0.3 is 0 Å². The summed E-state index contributed by atoms with van der Waals surface area (Å²) in [6.07, 6.45) is 2.31. The monoisotopic (exact) mass is 341 g/mol. The summed E-state index contributed by atoms with van der Waals surface area (Å²) in [7, 11) is 3.54. The molecule has 0 unspecified atom stereocenters. The van der Waals surface area contributed by atoms with E-state index in [1.807, 2.05) is 11.6 Å². The van der Waals surface area contributed by atoms with E-state index in [1.165, 1.54) is 0 Å². The van der Waals surface area contributed by atoms with Crippen LogP contribution < -0.4 is 0 Å². The smallest absolute Gasteiger partial charge is 0.254 e. The molecule has 3 aromatic rings. The van der Waals surface area contributed by atoms with Crippen molar-refractivity contribution in [1.82, 2.24) is 24.6 Å². The van der Waals surface area contributed by atoms with Gasteiger partial charge in [-0.3, -0.25) is 4.79 Å². The summed E-state index contributed by atoms with van der Waals surface area (Å²) < 4.78 is 12.8. The van der Waals surface area contributed by atoms with Gasteiger partial charge in [-0.2, -0.15) is 0 Å². The van der Waals surface area contributed by atoms with Gasteiger partial charge in [-0.25, -0.2) is 4.98 Å². The minimum atomic E-state index is -0.167. The fraction of sp³-hybridized carbons (Fsp3) is 0.412. The Labute approximate surface area is 144 Å². The van der Waals surface area contributed by atoms with Crippen LogP contribution in [0.25, 0.3) is 11.1 Å². The van der Waals surface area contributed by atoms with Gasteiger partial charge in [0.05, 0.1) is 12.1 Å². The molecule has 3 heterocycles. The number of benzene rings is 1. The van der Waals surface area contributed by atoms with Gasteiger partial charge in [0.15, 0.2) is 17.3 Å². The predicted molar refractivity (Wildman–Crippen MR) is 88.9 cm³/mol. The quantitative estimate of drug-likeness (QED) is 0.723. The highest BCUT2D eigenvalue weighted by Crippen LogP contribution is 2.33. The van der Waals surface area contributed by atoms with Gasteiger partial charge in [-0.15, -0.1) is 10.2 Å². The molecule has 0 bridgehead atoms. The molecular weight excluding hydrogens is 322 g/mol. The van der Waals surface area contributed by atoms with E-state index < -0.39 is 0 Å². The van der Waals surface area contributed by atoms with Crippen molar-refractivity contribution in [2.75, 3.05) is 13.7 Å². The van der Waals surface area contributed by atoms with E-state index in [-0.39, 0.29) is 18.1 Å². The molecule has 8 nitrogen and oxygen atoms in total. The molecule has 1 amide bonds. The van der Waals surface area contributed by atoms with Crippen molar-refractivity contribution in [1.29, 1.82) is 0 Å². The van der Waals surface area contributed by atoms with Crippen LogP contribution in [0.3, 0.4) is 0 Å². The van der Waals surface area contributed by atoms with Crippen molar-refractivity contribution in [3.63, 3.8) is 0 Å². The first-order valence-electron chi connectivity index (χ1n) is 8.11. The van der Waals surface area contributed by atoms with Gasteiger partial charge in [-0.1, -0.05) is 0 Å². The first-order valence-corrected chi connectivity index (χ1v) is 8.11. The molecule has 0 saturated carbocycles.